The molecule has 2 heterocycles. The van der Waals surface area contributed by atoms with Crippen LogP contribution in [0.1, 0.15) is 11.6 Å². The first-order chi connectivity index (χ1) is 7.34. The van der Waals surface area contributed by atoms with E-state index >= 15 is 0 Å². The molecule has 0 aliphatic carbocycles. The monoisotopic (exact) mass is 220 g/mol. The van der Waals surface area contributed by atoms with Crippen LogP contribution in [0, 0.1) is 0 Å². The molecule has 1 aromatic rings. The van der Waals surface area contributed by atoms with Crippen LogP contribution in [0.3, 0.4) is 0 Å². The first kappa shape index (κ1) is 9.09. The molecule has 0 saturated carbocycles. The first-order valence-electron chi connectivity index (χ1n) is 5.08. The molecule has 3 nitrogen and oxygen atoms in total. The third kappa shape index (κ3) is 1.49. The molecule has 3 rings (SSSR count). The van der Waals surface area contributed by atoms with Gasteiger partial charge in [0.25, 0.3) is 0 Å². The third-order valence-electron chi connectivity index (χ3n) is 2.82. The number of hydrogen-bond donors (Lipinski definition) is 1. The fourth-order valence-electron chi connectivity index (χ4n) is 2.04. The van der Waals surface area contributed by atoms with E-state index in [2.05, 4.69) is 9.89 Å². The topological polar surface area (TPSA) is 35.8 Å². The van der Waals surface area contributed by atoms with Crippen LogP contribution in [-0.2, 0) is 0 Å². The molecule has 1 atom stereocenters. The van der Waals surface area contributed by atoms with Crippen LogP contribution in [0.15, 0.2) is 29.3 Å². The summed E-state index contributed by atoms with van der Waals surface area (Å²) in [5.41, 5.74) is 0.944. The van der Waals surface area contributed by atoms with Gasteiger partial charge >= 0.3 is 0 Å². The molecule has 0 aromatic heterocycles. The highest BCUT2D eigenvalue weighted by molar-refractivity contribution is 8.14. The Morgan fingerprint density at radius 2 is 2.27 bits per heavy atom. The standard InChI is InChI=1S/C11H12N2OS/c14-10-4-2-1-3-8(10)9-7-13-5-6-15-11(13)12-9/h1-4,9,14H,5-7H2/t9-/m1/s1. The van der Waals surface area contributed by atoms with Gasteiger partial charge < -0.3 is 10.0 Å². The Hall–Kier alpha value is -1.16. The zero-order valence-corrected chi connectivity index (χ0v) is 9.07. The molecule has 0 unspecified atom stereocenters. The lowest BCUT2D eigenvalue weighted by atomic mass is 10.1. The molecule has 2 aliphatic heterocycles. The number of amidine groups is 1. The molecule has 1 saturated heterocycles. The Bertz CT molecular complexity index is 419. The van der Waals surface area contributed by atoms with Crippen molar-refractivity contribution in [2.75, 3.05) is 18.8 Å². The van der Waals surface area contributed by atoms with Crippen LogP contribution in [0.25, 0.3) is 0 Å². The number of aromatic hydroxyl groups is 1. The molecule has 15 heavy (non-hydrogen) atoms. The average molecular weight is 220 g/mol. The molecule has 4 heteroatoms. The van der Waals surface area contributed by atoms with Gasteiger partial charge in [-0.25, -0.2) is 0 Å². The Morgan fingerprint density at radius 1 is 1.40 bits per heavy atom. The lowest BCUT2D eigenvalue weighted by Gasteiger charge is -2.13. The fourth-order valence-corrected chi connectivity index (χ4v) is 3.09. The number of aliphatic imine (C=N–C) groups is 1. The van der Waals surface area contributed by atoms with Gasteiger partial charge in [-0.15, -0.1) is 0 Å². The molecule has 0 radical (unpaired) electrons. The van der Waals surface area contributed by atoms with Crippen LogP contribution in [-0.4, -0.2) is 34.0 Å². The van der Waals surface area contributed by atoms with Crippen molar-refractivity contribution in [3.63, 3.8) is 0 Å². The number of para-hydroxylation sites is 1. The number of hydrogen-bond acceptors (Lipinski definition) is 4. The van der Waals surface area contributed by atoms with E-state index in [-0.39, 0.29) is 6.04 Å². The Morgan fingerprint density at radius 3 is 3.07 bits per heavy atom. The number of rotatable bonds is 1. The largest absolute Gasteiger partial charge is 0.508 e. The molecule has 1 N–H and O–H groups in total. The Labute approximate surface area is 92.8 Å². The summed E-state index contributed by atoms with van der Waals surface area (Å²) in [6.45, 7) is 2.01. The molecule has 0 spiro atoms. The van der Waals surface area contributed by atoms with Gasteiger partial charge in [0.05, 0.1) is 6.04 Å². The summed E-state index contributed by atoms with van der Waals surface area (Å²) in [5.74, 6) is 1.50. The third-order valence-corrected chi connectivity index (χ3v) is 3.83. The van der Waals surface area contributed by atoms with Crippen molar-refractivity contribution in [2.24, 2.45) is 4.99 Å². The molecule has 1 aromatic carbocycles. The second kappa shape index (κ2) is 3.45. The summed E-state index contributed by atoms with van der Waals surface area (Å²) in [4.78, 5) is 6.92. The summed E-state index contributed by atoms with van der Waals surface area (Å²) < 4.78 is 0. The van der Waals surface area contributed by atoms with Gasteiger partial charge in [0.15, 0.2) is 5.17 Å². The van der Waals surface area contributed by atoms with E-state index in [1.165, 1.54) is 0 Å². The van der Waals surface area contributed by atoms with Gasteiger partial charge in [-0.2, -0.15) is 0 Å². The van der Waals surface area contributed by atoms with Gasteiger partial charge in [0.1, 0.15) is 5.75 Å². The molecular weight excluding hydrogens is 208 g/mol. The van der Waals surface area contributed by atoms with Gasteiger partial charge in [-0.05, 0) is 6.07 Å². The predicted octanol–water partition coefficient (Wildman–Crippen LogP) is 1.85. The van der Waals surface area contributed by atoms with Crippen molar-refractivity contribution in [3.05, 3.63) is 29.8 Å². The highest BCUT2D eigenvalue weighted by atomic mass is 32.2. The number of thioether (sulfide) groups is 1. The second-order valence-corrected chi connectivity index (χ2v) is 4.84. The van der Waals surface area contributed by atoms with E-state index in [4.69, 9.17) is 0 Å². The number of phenolic OH excluding ortho intramolecular Hbond substituents is 1. The summed E-state index contributed by atoms with van der Waals surface area (Å²) in [6, 6.07) is 7.60. The average Bonchev–Trinajstić information content (AvgIpc) is 2.77. The lowest BCUT2D eigenvalue weighted by Crippen LogP contribution is -2.21. The number of fused-ring (bicyclic) bond motifs is 1. The van der Waals surface area contributed by atoms with Crippen LogP contribution >= 0.6 is 11.8 Å². The maximum atomic E-state index is 9.74. The minimum atomic E-state index is 0.119. The van der Waals surface area contributed by atoms with Crippen LogP contribution in [0.5, 0.6) is 5.75 Å². The smallest absolute Gasteiger partial charge is 0.160 e. The maximum absolute atomic E-state index is 9.74. The van der Waals surface area contributed by atoms with Gasteiger partial charge in [-0.3, -0.25) is 4.99 Å². The number of phenols is 1. The predicted molar refractivity (Wildman–Crippen MR) is 62.3 cm³/mol. The summed E-state index contributed by atoms with van der Waals surface area (Å²) in [5, 5.41) is 10.9. The van der Waals surface area contributed by atoms with E-state index in [1.54, 1.807) is 6.07 Å². The quantitative estimate of drug-likeness (QED) is 0.784. The van der Waals surface area contributed by atoms with Gasteiger partial charge in [-0.1, -0.05) is 30.0 Å². The fraction of sp³-hybridized carbons (Fsp3) is 0.364. The second-order valence-electron chi connectivity index (χ2n) is 3.78. The molecule has 1 fully saturated rings. The Kier molecular flexibility index (Phi) is 2.09. The van der Waals surface area contributed by atoms with Crippen LogP contribution < -0.4 is 0 Å². The zero-order chi connectivity index (χ0) is 10.3. The van der Waals surface area contributed by atoms with Gasteiger partial charge in [0, 0.05) is 24.4 Å². The number of nitrogens with zero attached hydrogens (tertiary/aromatic N) is 2. The molecule has 0 bridgehead atoms. The van der Waals surface area contributed by atoms with Crippen molar-refractivity contribution in [1.29, 1.82) is 0 Å². The number of benzene rings is 1. The van der Waals surface area contributed by atoms with Crippen molar-refractivity contribution in [1.82, 2.24) is 4.90 Å². The normalized spacial score (nSPS) is 24.1. The van der Waals surface area contributed by atoms with Crippen LogP contribution in [0.4, 0.5) is 0 Å². The summed E-state index contributed by atoms with van der Waals surface area (Å²) in [7, 11) is 0. The van der Waals surface area contributed by atoms with Crippen LogP contribution in [0.2, 0.25) is 0 Å². The van der Waals surface area contributed by atoms with E-state index in [0.29, 0.717) is 5.75 Å². The minimum absolute atomic E-state index is 0.119. The Balaban J connectivity index is 1.91. The van der Waals surface area contributed by atoms with Crippen molar-refractivity contribution >= 4 is 16.9 Å². The minimum Gasteiger partial charge on any atom is -0.508 e. The van der Waals surface area contributed by atoms with E-state index in [1.807, 2.05) is 30.0 Å². The van der Waals surface area contributed by atoms with Gasteiger partial charge in [0.2, 0.25) is 0 Å². The molecule has 2 aliphatic rings. The maximum Gasteiger partial charge on any atom is 0.160 e. The van der Waals surface area contributed by atoms with E-state index < -0.39 is 0 Å². The highest BCUT2D eigenvalue weighted by Gasteiger charge is 2.31. The summed E-state index contributed by atoms with van der Waals surface area (Å²) in [6.07, 6.45) is 0. The first-order valence-corrected chi connectivity index (χ1v) is 6.06. The van der Waals surface area contributed by atoms with Crippen molar-refractivity contribution < 1.29 is 5.11 Å². The lowest BCUT2D eigenvalue weighted by molar-refractivity contribution is 0.437. The molecule has 78 valence electrons. The zero-order valence-electron chi connectivity index (χ0n) is 8.26. The summed E-state index contributed by atoms with van der Waals surface area (Å²) >= 11 is 1.81. The van der Waals surface area contributed by atoms with Crippen molar-refractivity contribution in [2.45, 2.75) is 6.04 Å². The molecular formula is C11H12N2OS. The highest BCUT2D eigenvalue weighted by Crippen LogP contribution is 2.35. The SMILES string of the molecule is Oc1ccccc1[C@H]1CN2CCSC2=N1. The van der Waals surface area contributed by atoms with Crippen molar-refractivity contribution in [3.8, 4) is 5.75 Å². The van der Waals surface area contributed by atoms with E-state index in [0.717, 1.165) is 29.6 Å². The van der Waals surface area contributed by atoms with E-state index in [9.17, 15) is 5.11 Å². The molecule has 0 amide bonds.